The van der Waals surface area contributed by atoms with Crippen LogP contribution in [0.25, 0.3) is 0 Å². The Morgan fingerprint density at radius 1 is 1.00 bits per heavy atom. The average Bonchev–Trinajstić information content (AvgIpc) is 2.98. The molecular formula is C16H23NO2. The third-order valence-corrected chi connectivity index (χ3v) is 4.45. The molecule has 19 heavy (non-hydrogen) atoms. The second-order valence-electron chi connectivity index (χ2n) is 5.61. The van der Waals surface area contributed by atoms with E-state index in [9.17, 15) is 0 Å². The molecule has 2 fully saturated rings. The monoisotopic (exact) mass is 261 g/mol. The zero-order valence-electron chi connectivity index (χ0n) is 11.4. The molecule has 0 atom stereocenters. The Balaban J connectivity index is 1.78. The van der Waals surface area contributed by atoms with Gasteiger partial charge in [0.15, 0.2) is 0 Å². The van der Waals surface area contributed by atoms with Crippen molar-refractivity contribution in [2.24, 2.45) is 5.73 Å². The predicted octanol–water partition coefficient (Wildman–Crippen LogP) is 2.89. The van der Waals surface area contributed by atoms with Crippen LogP contribution in [0.15, 0.2) is 24.3 Å². The standard InChI is InChI=1S/C16H23NO2/c17-12-16(18-10-11-19-16)15-8-6-14(7-9-15)13-4-2-1-3-5-13/h6-9,13H,1-5,10-12,17H2. The van der Waals surface area contributed by atoms with Crippen LogP contribution in [0.2, 0.25) is 0 Å². The summed E-state index contributed by atoms with van der Waals surface area (Å²) < 4.78 is 11.4. The van der Waals surface area contributed by atoms with Gasteiger partial charge in [-0.15, -0.1) is 0 Å². The molecule has 1 heterocycles. The Hall–Kier alpha value is -0.900. The molecule has 0 bridgehead atoms. The number of nitrogens with two attached hydrogens (primary N) is 1. The van der Waals surface area contributed by atoms with Gasteiger partial charge in [-0.05, 0) is 24.3 Å². The van der Waals surface area contributed by atoms with Crippen LogP contribution in [0, 0.1) is 0 Å². The van der Waals surface area contributed by atoms with Crippen LogP contribution in [0.3, 0.4) is 0 Å². The second kappa shape index (κ2) is 5.61. The van der Waals surface area contributed by atoms with E-state index in [4.69, 9.17) is 15.2 Å². The van der Waals surface area contributed by atoms with Crippen molar-refractivity contribution in [3.63, 3.8) is 0 Å². The van der Waals surface area contributed by atoms with Crippen molar-refractivity contribution < 1.29 is 9.47 Å². The summed E-state index contributed by atoms with van der Waals surface area (Å²) in [5.41, 5.74) is 8.33. The van der Waals surface area contributed by atoms with Crippen molar-refractivity contribution in [1.82, 2.24) is 0 Å². The van der Waals surface area contributed by atoms with Gasteiger partial charge in [-0.25, -0.2) is 0 Å². The Labute approximate surface area is 115 Å². The Morgan fingerprint density at radius 3 is 2.21 bits per heavy atom. The molecular weight excluding hydrogens is 238 g/mol. The summed E-state index contributed by atoms with van der Waals surface area (Å²) in [6, 6.07) is 8.71. The molecule has 2 N–H and O–H groups in total. The highest BCUT2D eigenvalue weighted by molar-refractivity contribution is 5.29. The molecule has 1 aromatic rings. The van der Waals surface area contributed by atoms with E-state index in [1.807, 2.05) is 0 Å². The SMILES string of the molecule is NCC1(c2ccc(C3CCCCC3)cc2)OCCO1. The maximum absolute atomic E-state index is 5.83. The normalized spacial score (nSPS) is 23.6. The van der Waals surface area contributed by atoms with E-state index >= 15 is 0 Å². The first kappa shape index (κ1) is 13.1. The van der Waals surface area contributed by atoms with E-state index < -0.39 is 5.79 Å². The number of benzene rings is 1. The minimum absolute atomic E-state index is 0.371. The molecule has 1 saturated carbocycles. The quantitative estimate of drug-likeness (QED) is 0.910. The van der Waals surface area contributed by atoms with Crippen molar-refractivity contribution in [3.05, 3.63) is 35.4 Å². The molecule has 3 heteroatoms. The number of rotatable bonds is 3. The van der Waals surface area contributed by atoms with Crippen LogP contribution in [0.1, 0.15) is 49.1 Å². The minimum Gasteiger partial charge on any atom is -0.342 e. The largest absolute Gasteiger partial charge is 0.342 e. The van der Waals surface area contributed by atoms with Crippen molar-refractivity contribution in [3.8, 4) is 0 Å². The van der Waals surface area contributed by atoms with Gasteiger partial charge in [0.2, 0.25) is 5.79 Å². The Morgan fingerprint density at radius 2 is 1.63 bits per heavy atom. The summed E-state index contributed by atoms with van der Waals surface area (Å²) in [5, 5.41) is 0. The molecule has 1 aliphatic carbocycles. The van der Waals surface area contributed by atoms with Gasteiger partial charge >= 0.3 is 0 Å². The first-order chi connectivity index (χ1) is 9.34. The molecule has 3 rings (SSSR count). The van der Waals surface area contributed by atoms with Crippen LogP contribution >= 0.6 is 0 Å². The molecule has 104 valence electrons. The third-order valence-electron chi connectivity index (χ3n) is 4.45. The lowest BCUT2D eigenvalue weighted by atomic mass is 9.83. The van der Waals surface area contributed by atoms with Crippen LogP contribution < -0.4 is 5.73 Å². The van der Waals surface area contributed by atoms with Crippen LogP contribution in [-0.2, 0) is 15.3 Å². The van der Waals surface area contributed by atoms with Gasteiger partial charge in [0.05, 0.1) is 19.8 Å². The topological polar surface area (TPSA) is 44.5 Å². The summed E-state index contributed by atoms with van der Waals surface area (Å²) in [6.07, 6.45) is 6.78. The molecule has 0 unspecified atom stereocenters. The maximum atomic E-state index is 5.83. The lowest BCUT2D eigenvalue weighted by Gasteiger charge is -2.27. The Kier molecular flexibility index (Phi) is 3.87. The molecule has 0 aromatic heterocycles. The molecule has 0 spiro atoms. The number of hydrogen-bond acceptors (Lipinski definition) is 3. The third kappa shape index (κ3) is 2.55. The van der Waals surface area contributed by atoms with Gasteiger partial charge in [-0.1, -0.05) is 43.5 Å². The average molecular weight is 261 g/mol. The molecule has 1 aromatic carbocycles. The van der Waals surface area contributed by atoms with Crippen molar-refractivity contribution in [1.29, 1.82) is 0 Å². The van der Waals surface area contributed by atoms with Crippen molar-refractivity contribution in [2.45, 2.75) is 43.8 Å². The van der Waals surface area contributed by atoms with E-state index in [0.29, 0.717) is 19.8 Å². The van der Waals surface area contributed by atoms with E-state index in [1.165, 1.54) is 37.7 Å². The number of hydrogen-bond donors (Lipinski definition) is 1. The predicted molar refractivity (Wildman–Crippen MR) is 74.9 cm³/mol. The fourth-order valence-corrected chi connectivity index (χ4v) is 3.30. The van der Waals surface area contributed by atoms with Gasteiger partial charge in [-0.3, -0.25) is 0 Å². The molecule has 3 nitrogen and oxygen atoms in total. The highest BCUT2D eigenvalue weighted by atomic mass is 16.7. The summed E-state index contributed by atoms with van der Waals surface area (Å²) >= 11 is 0. The Bertz CT molecular complexity index is 403. The highest BCUT2D eigenvalue weighted by Gasteiger charge is 2.37. The van der Waals surface area contributed by atoms with Gasteiger partial charge in [0.1, 0.15) is 0 Å². The van der Waals surface area contributed by atoms with E-state index in [-0.39, 0.29) is 0 Å². The van der Waals surface area contributed by atoms with Crippen molar-refractivity contribution >= 4 is 0 Å². The summed E-state index contributed by atoms with van der Waals surface area (Å²) in [6.45, 7) is 1.62. The minimum atomic E-state index is -0.703. The molecule has 2 aliphatic rings. The zero-order valence-corrected chi connectivity index (χ0v) is 11.4. The first-order valence-electron chi connectivity index (χ1n) is 7.42. The lowest BCUT2D eigenvalue weighted by Crippen LogP contribution is -2.36. The summed E-state index contributed by atoms with van der Waals surface area (Å²) in [5.74, 6) is 0.0347. The van der Waals surface area contributed by atoms with Gasteiger partial charge < -0.3 is 15.2 Å². The maximum Gasteiger partial charge on any atom is 0.207 e. The van der Waals surface area contributed by atoms with Gasteiger partial charge in [-0.2, -0.15) is 0 Å². The summed E-state index contributed by atoms with van der Waals surface area (Å²) in [4.78, 5) is 0. The highest BCUT2D eigenvalue weighted by Crippen LogP contribution is 2.35. The smallest absolute Gasteiger partial charge is 0.207 e. The molecule has 1 saturated heterocycles. The molecule has 0 radical (unpaired) electrons. The van der Waals surface area contributed by atoms with E-state index in [2.05, 4.69) is 24.3 Å². The van der Waals surface area contributed by atoms with Gasteiger partial charge in [0, 0.05) is 5.56 Å². The molecule has 0 amide bonds. The molecule has 1 aliphatic heterocycles. The summed E-state index contributed by atoms with van der Waals surface area (Å²) in [7, 11) is 0. The van der Waals surface area contributed by atoms with Gasteiger partial charge in [0.25, 0.3) is 0 Å². The fourth-order valence-electron chi connectivity index (χ4n) is 3.30. The van der Waals surface area contributed by atoms with Crippen LogP contribution in [0.4, 0.5) is 0 Å². The zero-order chi connectivity index (χ0) is 13.1. The lowest BCUT2D eigenvalue weighted by molar-refractivity contribution is -0.156. The second-order valence-corrected chi connectivity index (χ2v) is 5.61. The van der Waals surface area contributed by atoms with Crippen LogP contribution in [-0.4, -0.2) is 19.8 Å². The first-order valence-corrected chi connectivity index (χ1v) is 7.42. The van der Waals surface area contributed by atoms with E-state index in [1.54, 1.807) is 0 Å². The fraction of sp³-hybridized carbons (Fsp3) is 0.625. The number of ether oxygens (including phenoxy) is 2. The van der Waals surface area contributed by atoms with E-state index in [0.717, 1.165) is 11.5 Å². The van der Waals surface area contributed by atoms with Crippen LogP contribution in [0.5, 0.6) is 0 Å². The van der Waals surface area contributed by atoms with Crippen molar-refractivity contribution in [2.75, 3.05) is 19.8 Å².